The molecule has 0 radical (unpaired) electrons. The van der Waals surface area contributed by atoms with Crippen molar-refractivity contribution in [2.75, 3.05) is 0 Å². The molecular formula is C16H19NO. The smallest absolute Gasteiger partial charge is 0.115 e. The Morgan fingerprint density at radius 3 is 2.33 bits per heavy atom. The van der Waals surface area contributed by atoms with Crippen molar-refractivity contribution < 1.29 is 5.11 Å². The van der Waals surface area contributed by atoms with E-state index in [9.17, 15) is 5.11 Å². The Morgan fingerprint density at radius 2 is 1.67 bits per heavy atom. The average molecular weight is 241 g/mol. The predicted octanol–water partition coefficient (Wildman–Crippen LogP) is 2.81. The number of hydrogen-bond donors (Lipinski definition) is 2. The minimum Gasteiger partial charge on any atom is -0.508 e. The summed E-state index contributed by atoms with van der Waals surface area (Å²) in [4.78, 5) is 0. The number of aromatic hydroxyl groups is 1. The highest BCUT2D eigenvalue weighted by Gasteiger charge is 2.05. The molecule has 1 atom stereocenters. The summed E-state index contributed by atoms with van der Waals surface area (Å²) in [6.45, 7) is 2.09. The zero-order valence-corrected chi connectivity index (χ0v) is 10.6. The molecule has 2 heteroatoms. The Hall–Kier alpha value is -1.80. The van der Waals surface area contributed by atoms with Crippen molar-refractivity contribution in [3.63, 3.8) is 0 Å². The minimum absolute atomic E-state index is 0.108. The summed E-state index contributed by atoms with van der Waals surface area (Å²) < 4.78 is 0. The lowest BCUT2D eigenvalue weighted by Gasteiger charge is -2.12. The van der Waals surface area contributed by atoms with Crippen molar-refractivity contribution in [2.45, 2.75) is 25.8 Å². The van der Waals surface area contributed by atoms with Crippen LogP contribution in [-0.4, -0.2) is 11.1 Å². The van der Waals surface area contributed by atoms with Gasteiger partial charge in [0.15, 0.2) is 0 Å². The zero-order chi connectivity index (χ0) is 13.0. The van der Waals surface area contributed by atoms with Crippen LogP contribution in [0.2, 0.25) is 0 Å². The van der Waals surface area contributed by atoms with Crippen LogP contribution in [0.25, 0.3) is 0 Å². The maximum atomic E-state index is 9.23. The molecule has 0 spiro atoms. The second-order valence-electron chi connectivity index (χ2n) is 4.82. The molecule has 0 saturated heterocycles. The standard InChI is InChI=1S/C16H19NO/c1-12-3-2-4-14(9-12)11-15(17)10-13-5-7-16(18)8-6-13/h2-9,15,18H,10-11,17H2,1H3. The molecule has 0 saturated carbocycles. The number of rotatable bonds is 4. The second-order valence-corrected chi connectivity index (χ2v) is 4.82. The molecule has 0 aliphatic carbocycles. The van der Waals surface area contributed by atoms with Gasteiger partial charge < -0.3 is 10.8 Å². The van der Waals surface area contributed by atoms with Gasteiger partial charge in [0.25, 0.3) is 0 Å². The highest BCUT2D eigenvalue weighted by atomic mass is 16.3. The molecule has 0 aliphatic heterocycles. The largest absolute Gasteiger partial charge is 0.508 e. The van der Waals surface area contributed by atoms with E-state index in [1.165, 1.54) is 11.1 Å². The third-order valence-corrected chi connectivity index (χ3v) is 3.01. The fourth-order valence-corrected chi connectivity index (χ4v) is 2.15. The number of aryl methyl sites for hydroxylation is 1. The van der Waals surface area contributed by atoms with E-state index >= 15 is 0 Å². The van der Waals surface area contributed by atoms with E-state index in [1.807, 2.05) is 12.1 Å². The zero-order valence-electron chi connectivity index (χ0n) is 10.6. The normalized spacial score (nSPS) is 12.3. The summed E-state index contributed by atoms with van der Waals surface area (Å²) in [5, 5.41) is 9.23. The summed E-state index contributed by atoms with van der Waals surface area (Å²) >= 11 is 0. The van der Waals surface area contributed by atoms with Crippen molar-refractivity contribution in [3.05, 3.63) is 65.2 Å². The Labute approximate surface area is 108 Å². The fraction of sp³-hybridized carbons (Fsp3) is 0.250. The van der Waals surface area contributed by atoms with E-state index < -0.39 is 0 Å². The van der Waals surface area contributed by atoms with Crippen LogP contribution in [0, 0.1) is 6.92 Å². The van der Waals surface area contributed by atoms with Crippen LogP contribution in [0.4, 0.5) is 0 Å². The molecule has 0 aliphatic rings. The highest BCUT2D eigenvalue weighted by Crippen LogP contribution is 2.13. The van der Waals surface area contributed by atoms with Gasteiger partial charge in [0.2, 0.25) is 0 Å². The third-order valence-electron chi connectivity index (χ3n) is 3.01. The molecule has 2 nitrogen and oxygen atoms in total. The van der Waals surface area contributed by atoms with Crippen LogP contribution >= 0.6 is 0 Å². The quantitative estimate of drug-likeness (QED) is 0.864. The van der Waals surface area contributed by atoms with Gasteiger partial charge in [-0.15, -0.1) is 0 Å². The second kappa shape index (κ2) is 5.69. The molecule has 0 amide bonds. The first kappa shape index (κ1) is 12.7. The van der Waals surface area contributed by atoms with Gasteiger partial charge in [-0.3, -0.25) is 0 Å². The predicted molar refractivity (Wildman–Crippen MR) is 74.7 cm³/mol. The molecule has 0 heterocycles. The minimum atomic E-state index is 0.108. The molecule has 94 valence electrons. The molecule has 0 fully saturated rings. The Morgan fingerprint density at radius 1 is 1.00 bits per heavy atom. The number of phenols is 1. The van der Waals surface area contributed by atoms with Gasteiger partial charge in [0.05, 0.1) is 0 Å². The van der Waals surface area contributed by atoms with Gasteiger partial charge in [-0.1, -0.05) is 42.0 Å². The van der Waals surface area contributed by atoms with Gasteiger partial charge in [0, 0.05) is 6.04 Å². The summed E-state index contributed by atoms with van der Waals surface area (Å²) in [6, 6.07) is 15.8. The Balaban J connectivity index is 1.96. The van der Waals surface area contributed by atoms with E-state index in [4.69, 9.17) is 5.73 Å². The van der Waals surface area contributed by atoms with Gasteiger partial charge >= 0.3 is 0 Å². The van der Waals surface area contributed by atoms with Gasteiger partial charge in [-0.25, -0.2) is 0 Å². The summed E-state index contributed by atoms with van der Waals surface area (Å²) in [6.07, 6.45) is 1.71. The van der Waals surface area contributed by atoms with E-state index in [-0.39, 0.29) is 6.04 Å². The Bertz CT molecular complexity index is 505. The van der Waals surface area contributed by atoms with E-state index in [1.54, 1.807) is 12.1 Å². The van der Waals surface area contributed by atoms with E-state index in [0.717, 1.165) is 18.4 Å². The SMILES string of the molecule is Cc1cccc(CC(N)Cc2ccc(O)cc2)c1. The van der Waals surface area contributed by atoms with Crippen LogP contribution in [-0.2, 0) is 12.8 Å². The van der Waals surface area contributed by atoms with Crippen LogP contribution in [0.15, 0.2) is 48.5 Å². The van der Waals surface area contributed by atoms with Crippen LogP contribution < -0.4 is 5.73 Å². The molecule has 3 N–H and O–H groups in total. The molecule has 1 unspecified atom stereocenters. The first-order valence-corrected chi connectivity index (χ1v) is 6.22. The van der Waals surface area contributed by atoms with E-state index in [0.29, 0.717) is 5.75 Å². The van der Waals surface area contributed by atoms with Gasteiger partial charge in [0.1, 0.15) is 5.75 Å². The first-order valence-electron chi connectivity index (χ1n) is 6.22. The Kier molecular flexibility index (Phi) is 4.00. The fourth-order valence-electron chi connectivity index (χ4n) is 2.15. The van der Waals surface area contributed by atoms with Gasteiger partial charge in [-0.2, -0.15) is 0 Å². The molecule has 2 aromatic rings. The van der Waals surface area contributed by atoms with E-state index in [2.05, 4.69) is 31.2 Å². The monoisotopic (exact) mass is 241 g/mol. The summed E-state index contributed by atoms with van der Waals surface area (Å²) in [5.74, 6) is 0.297. The molecule has 0 bridgehead atoms. The van der Waals surface area contributed by atoms with Crippen LogP contribution in [0.3, 0.4) is 0 Å². The summed E-state index contributed by atoms with van der Waals surface area (Å²) in [7, 11) is 0. The lowest BCUT2D eigenvalue weighted by molar-refractivity contribution is 0.475. The maximum Gasteiger partial charge on any atom is 0.115 e. The molecule has 2 rings (SSSR count). The molecular weight excluding hydrogens is 222 g/mol. The number of nitrogens with two attached hydrogens (primary N) is 1. The lowest BCUT2D eigenvalue weighted by Crippen LogP contribution is -2.25. The van der Waals surface area contributed by atoms with Gasteiger partial charge in [-0.05, 0) is 43.0 Å². The maximum absolute atomic E-state index is 9.23. The van der Waals surface area contributed by atoms with Crippen molar-refractivity contribution >= 4 is 0 Å². The first-order chi connectivity index (χ1) is 8.63. The molecule has 18 heavy (non-hydrogen) atoms. The molecule has 0 aromatic heterocycles. The van der Waals surface area contributed by atoms with Crippen molar-refractivity contribution in [1.29, 1.82) is 0 Å². The molecule has 2 aromatic carbocycles. The van der Waals surface area contributed by atoms with Crippen LogP contribution in [0.1, 0.15) is 16.7 Å². The third kappa shape index (κ3) is 3.60. The number of benzene rings is 2. The number of phenolic OH excluding ortho intramolecular Hbond substituents is 1. The topological polar surface area (TPSA) is 46.2 Å². The highest BCUT2D eigenvalue weighted by molar-refractivity contribution is 5.27. The number of hydrogen-bond acceptors (Lipinski definition) is 2. The summed E-state index contributed by atoms with van der Waals surface area (Å²) in [5.41, 5.74) is 9.87. The van der Waals surface area contributed by atoms with Crippen molar-refractivity contribution in [3.8, 4) is 5.75 Å². The van der Waals surface area contributed by atoms with Crippen LogP contribution in [0.5, 0.6) is 5.75 Å². The van der Waals surface area contributed by atoms with Crippen molar-refractivity contribution in [1.82, 2.24) is 0 Å². The lowest BCUT2D eigenvalue weighted by atomic mass is 9.99. The average Bonchev–Trinajstić information content (AvgIpc) is 2.32. The van der Waals surface area contributed by atoms with Crippen molar-refractivity contribution in [2.24, 2.45) is 5.73 Å².